The van der Waals surface area contributed by atoms with Crippen LogP contribution in [0.4, 0.5) is 5.69 Å². The predicted octanol–water partition coefficient (Wildman–Crippen LogP) is 2.21. The molecule has 7 heteroatoms. The maximum atomic E-state index is 5.83. The predicted molar refractivity (Wildman–Crippen MR) is 80.7 cm³/mol. The third-order valence-electron chi connectivity index (χ3n) is 1.72. The third kappa shape index (κ3) is 6.32. The first-order valence-electron chi connectivity index (χ1n) is 5.17. The summed E-state index contributed by atoms with van der Waals surface area (Å²) in [4.78, 5) is 7.95. The Morgan fingerprint density at radius 1 is 1.33 bits per heavy atom. The Balaban J connectivity index is 0.00000289. The van der Waals surface area contributed by atoms with E-state index < -0.39 is 0 Å². The average Bonchev–Trinajstić information content (AvgIpc) is 2.14. The Hall–Kier alpha value is -1.46. The van der Waals surface area contributed by atoms with Gasteiger partial charge in [0.2, 0.25) is 11.9 Å². The average molecular weight is 290 g/mol. The second kappa shape index (κ2) is 7.79. The van der Waals surface area contributed by atoms with Crippen molar-refractivity contribution < 1.29 is 0 Å². The quantitative estimate of drug-likeness (QED) is 0.576. The van der Waals surface area contributed by atoms with E-state index in [0.717, 1.165) is 5.69 Å². The number of anilines is 1. The van der Waals surface area contributed by atoms with Gasteiger partial charge in [-0.2, -0.15) is 4.99 Å². The molecule has 0 aromatic heterocycles. The van der Waals surface area contributed by atoms with Gasteiger partial charge in [-0.1, -0.05) is 17.7 Å². The fraction of sp³-hybridized carbons (Fsp3) is 0.273. The summed E-state index contributed by atoms with van der Waals surface area (Å²) in [6, 6.07) is 7.22. The molecule has 0 atom stereocenters. The van der Waals surface area contributed by atoms with Crippen LogP contribution in [0.3, 0.4) is 0 Å². The molecule has 0 amide bonds. The fourth-order valence-electron chi connectivity index (χ4n) is 1.16. The highest BCUT2D eigenvalue weighted by molar-refractivity contribution is 6.30. The van der Waals surface area contributed by atoms with Gasteiger partial charge >= 0.3 is 0 Å². The number of nitrogens with two attached hydrogens (primary N) is 2. The zero-order valence-corrected chi connectivity index (χ0v) is 11.8. The molecule has 0 fully saturated rings. The Kier molecular flexibility index (Phi) is 7.16. The fourth-order valence-corrected chi connectivity index (χ4v) is 1.35. The lowest BCUT2D eigenvalue weighted by molar-refractivity contribution is 0.831. The first-order chi connectivity index (χ1) is 7.97. The topological polar surface area (TPSA) is 88.8 Å². The van der Waals surface area contributed by atoms with Crippen LogP contribution >= 0.6 is 24.0 Å². The van der Waals surface area contributed by atoms with Gasteiger partial charge in [0.25, 0.3) is 0 Å². The molecule has 18 heavy (non-hydrogen) atoms. The minimum atomic E-state index is 0. The standard InChI is InChI=1S/C11H16ClN5.ClH/c1-7(2)15-10(13)17-11(14)16-9-5-3-4-8(12)6-9;/h3-7H,1-2H3,(H5,13,14,15,16,17);1H. The normalized spacial score (nSPS) is 12.2. The number of nitrogens with zero attached hydrogens (tertiary/aromatic N) is 2. The Bertz CT molecular complexity index is 443. The summed E-state index contributed by atoms with van der Waals surface area (Å²) in [6.07, 6.45) is 0. The van der Waals surface area contributed by atoms with Crippen molar-refractivity contribution in [3.05, 3.63) is 29.3 Å². The largest absolute Gasteiger partial charge is 0.369 e. The van der Waals surface area contributed by atoms with Gasteiger partial charge in [0.1, 0.15) is 0 Å². The van der Waals surface area contributed by atoms with Crippen molar-refractivity contribution in [3.63, 3.8) is 0 Å². The molecule has 0 aliphatic rings. The molecule has 1 rings (SSSR count). The van der Waals surface area contributed by atoms with Gasteiger partial charge in [-0.25, -0.2) is 4.99 Å². The lowest BCUT2D eigenvalue weighted by Crippen LogP contribution is -2.26. The lowest BCUT2D eigenvalue weighted by Gasteiger charge is -2.05. The Morgan fingerprint density at radius 2 is 2.00 bits per heavy atom. The summed E-state index contributed by atoms with van der Waals surface area (Å²) in [6.45, 7) is 3.81. The van der Waals surface area contributed by atoms with Gasteiger partial charge in [0.05, 0.1) is 0 Å². The molecule has 0 bridgehead atoms. The number of rotatable bonds is 2. The molecule has 0 spiro atoms. The van der Waals surface area contributed by atoms with Crippen LogP contribution in [-0.4, -0.2) is 18.0 Å². The van der Waals surface area contributed by atoms with Gasteiger partial charge in [0.15, 0.2) is 0 Å². The number of benzene rings is 1. The molecule has 5 N–H and O–H groups in total. The smallest absolute Gasteiger partial charge is 0.218 e. The van der Waals surface area contributed by atoms with E-state index in [4.69, 9.17) is 23.1 Å². The van der Waals surface area contributed by atoms with E-state index >= 15 is 0 Å². The molecule has 0 unspecified atom stereocenters. The molecular formula is C11H17Cl2N5. The molecule has 0 heterocycles. The van der Waals surface area contributed by atoms with E-state index in [2.05, 4.69) is 15.3 Å². The van der Waals surface area contributed by atoms with E-state index in [-0.39, 0.29) is 30.4 Å². The molecule has 0 aliphatic carbocycles. The highest BCUT2D eigenvalue weighted by Gasteiger charge is 1.98. The number of halogens is 2. The lowest BCUT2D eigenvalue weighted by atomic mass is 10.3. The summed E-state index contributed by atoms with van der Waals surface area (Å²) in [7, 11) is 0. The number of hydrogen-bond donors (Lipinski definition) is 3. The first kappa shape index (κ1) is 16.5. The van der Waals surface area contributed by atoms with Crippen LogP contribution in [0.5, 0.6) is 0 Å². The maximum Gasteiger partial charge on any atom is 0.218 e. The van der Waals surface area contributed by atoms with Crippen molar-refractivity contribution in [3.8, 4) is 0 Å². The van der Waals surface area contributed by atoms with Crippen molar-refractivity contribution >= 4 is 41.6 Å². The summed E-state index contributed by atoms with van der Waals surface area (Å²) in [5.41, 5.74) is 12.0. The molecule has 0 aliphatic heterocycles. The van der Waals surface area contributed by atoms with Crippen LogP contribution in [0.1, 0.15) is 13.8 Å². The highest BCUT2D eigenvalue weighted by Crippen LogP contribution is 2.14. The van der Waals surface area contributed by atoms with Gasteiger partial charge in [-0.05, 0) is 32.0 Å². The second-order valence-electron chi connectivity index (χ2n) is 3.71. The van der Waals surface area contributed by atoms with E-state index in [1.165, 1.54) is 0 Å². The zero-order valence-electron chi connectivity index (χ0n) is 10.2. The Labute approximate surface area is 118 Å². The Morgan fingerprint density at radius 3 is 2.56 bits per heavy atom. The van der Waals surface area contributed by atoms with Crippen molar-refractivity contribution in [2.45, 2.75) is 19.9 Å². The molecule has 5 nitrogen and oxygen atoms in total. The van der Waals surface area contributed by atoms with Crippen LogP contribution in [0.15, 0.2) is 34.3 Å². The van der Waals surface area contributed by atoms with Gasteiger partial charge in [-0.15, -0.1) is 12.4 Å². The van der Waals surface area contributed by atoms with Crippen LogP contribution < -0.4 is 16.8 Å². The molecule has 0 saturated carbocycles. The zero-order chi connectivity index (χ0) is 12.8. The van der Waals surface area contributed by atoms with Crippen molar-refractivity contribution in [2.24, 2.45) is 21.5 Å². The van der Waals surface area contributed by atoms with Gasteiger partial charge < -0.3 is 16.8 Å². The number of nitrogens with one attached hydrogen (secondary N) is 1. The highest BCUT2D eigenvalue weighted by atomic mass is 35.5. The van der Waals surface area contributed by atoms with E-state index in [1.807, 2.05) is 26.0 Å². The van der Waals surface area contributed by atoms with Crippen molar-refractivity contribution in [1.82, 2.24) is 0 Å². The monoisotopic (exact) mass is 289 g/mol. The molecule has 1 aromatic carbocycles. The van der Waals surface area contributed by atoms with Crippen LogP contribution in [-0.2, 0) is 0 Å². The van der Waals surface area contributed by atoms with Gasteiger partial charge in [-0.3, -0.25) is 0 Å². The summed E-state index contributed by atoms with van der Waals surface area (Å²) >= 11 is 5.83. The maximum absolute atomic E-state index is 5.83. The summed E-state index contributed by atoms with van der Waals surface area (Å²) in [5.74, 6) is 0.321. The van der Waals surface area contributed by atoms with Crippen LogP contribution in [0.2, 0.25) is 5.02 Å². The second-order valence-corrected chi connectivity index (χ2v) is 4.15. The van der Waals surface area contributed by atoms with E-state index in [9.17, 15) is 0 Å². The molecular weight excluding hydrogens is 273 g/mol. The van der Waals surface area contributed by atoms with Gasteiger partial charge in [0, 0.05) is 16.8 Å². The number of aliphatic imine (C=N–C) groups is 2. The summed E-state index contributed by atoms with van der Waals surface area (Å²) in [5, 5.41) is 3.49. The first-order valence-corrected chi connectivity index (χ1v) is 5.55. The molecule has 0 radical (unpaired) electrons. The number of guanidine groups is 2. The van der Waals surface area contributed by atoms with Crippen LogP contribution in [0, 0.1) is 0 Å². The van der Waals surface area contributed by atoms with E-state index in [0.29, 0.717) is 5.02 Å². The SMILES string of the molecule is CC(C)N=C(N)N=C(N)Nc1cccc(Cl)c1.Cl. The van der Waals surface area contributed by atoms with Crippen molar-refractivity contribution in [2.75, 3.05) is 5.32 Å². The molecule has 100 valence electrons. The van der Waals surface area contributed by atoms with Crippen LogP contribution in [0.25, 0.3) is 0 Å². The third-order valence-corrected chi connectivity index (χ3v) is 1.96. The van der Waals surface area contributed by atoms with Crippen molar-refractivity contribution in [1.29, 1.82) is 0 Å². The summed E-state index contributed by atoms with van der Waals surface area (Å²) < 4.78 is 0. The minimum Gasteiger partial charge on any atom is -0.369 e. The van der Waals surface area contributed by atoms with E-state index in [1.54, 1.807) is 12.1 Å². The molecule has 0 saturated heterocycles. The molecule has 1 aromatic rings. The number of hydrogen-bond acceptors (Lipinski definition) is 1. The minimum absolute atomic E-state index is 0.